The molecule has 0 fully saturated rings. The van der Waals surface area contributed by atoms with Gasteiger partial charge >= 0.3 is 7.82 Å². The predicted molar refractivity (Wildman–Crippen MR) is 207 cm³/mol. The molecule has 0 saturated heterocycles. The first-order valence-electron chi connectivity index (χ1n) is 19.2. The third-order valence-electron chi connectivity index (χ3n) is 7.97. The normalized spacial score (nSPS) is 15.3. The maximum Gasteiger partial charge on any atom is 0.472 e. The van der Waals surface area contributed by atoms with Crippen molar-refractivity contribution in [2.75, 3.05) is 40.9 Å². The Labute approximate surface area is 301 Å². The van der Waals surface area contributed by atoms with Crippen LogP contribution in [0.25, 0.3) is 0 Å². The molecule has 0 radical (unpaired) electrons. The van der Waals surface area contributed by atoms with Crippen LogP contribution in [-0.2, 0) is 18.4 Å². The van der Waals surface area contributed by atoms with Crippen LogP contribution >= 0.6 is 7.82 Å². The molecule has 0 spiro atoms. The maximum atomic E-state index is 12.8. The Balaban J connectivity index is 4.67. The first-order valence-corrected chi connectivity index (χ1v) is 20.7. The number of nitrogens with zero attached hydrogens (tertiary/aromatic N) is 1. The minimum absolute atomic E-state index is 0.0475. The van der Waals surface area contributed by atoms with E-state index >= 15 is 0 Å². The number of carbonyl (C=O) groups excluding carboxylic acids is 1. The van der Waals surface area contributed by atoms with Gasteiger partial charge in [0.15, 0.2) is 0 Å². The second-order valence-corrected chi connectivity index (χ2v) is 15.4. The zero-order valence-electron chi connectivity index (χ0n) is 31.9. The van der Waals surface area contributed by atoms with Gasteiger partial charge < -0.3 is 19.8 Å². The van der Waals surface area contributed by atoms with Crippen LogP contribution in [0.3, 0.4) is 0 Å². The summed E-state index contributed by atoms with van der Waals surface area (Å²) in [6.07, 6.45) is 40.0. The molecule has 1 amide bonds. The van der Waals surface area contributed by atoms with Crippen molar-refractivity contribution in [1.82, 2.24) is 5.32 Å². The van der Waals surface area contributed by atoms with Crippen LogP contribution in [0.15, 0.2) is 60.8 Å². The molecular weight excluding hydrogens is 635 g/mol. The van der Waals surface area contributed by atoms with Gasteiger partial charge in [-0.05, 0) is 64.2 Å². The number of carbonyl (C=O) groups is 1. The molecule has 0 aromatic carbocycles. The number of hydrogen-bond donors (Lipinski definition) is 3. The van der Waals surface area contributed by atoms with Crippen molar-refractivity contribution in [2.24, 2.45) is 0 Å². The van der Waals surface area contributed by atoms with Gasteiger partial charge in [-0.15, -0.1) is 0 Å². The van der Waals surface area contributed by atoms with E-state index in [0.717, 1.165) is 64.2 Å². The monoisotopic (exact) mass is 710 g/mol. The molecule has 0 heterocycles. The van der Waals surface area contributed by atoms with Crippen molar-refractivity contribution < 1.29 is 32.9 Å². The van der Waals surface area contributed by atoms with E-state index < -0.39 is 20.0 Å². The Hall–Kier alpha value is -1.80. The van der Waals surface area contributed by atoms with E-state index in [9.17, 15) is 19.4 Å². The summed E-state index contributed by atoms with van der Waals surface area (Å²) in [7, 11) is 1.52. The highest BCUT2D eigenvalue weighted by molar-refractivity contribution is 7.47. The summed E-state index contributed by atoms with van der Waals surface area (Å²) in [5.41, 5.74) is 0. The van der Waals surface area contributed by atoms with E-state index in [1.54, 1.807) is 6.08 Å². The topological polar surface area (TPSA) is 105 Å². The highest BCUT2D eigenvalue weighted by Crippen LogP contribution is 2.43. The van der Waals surface area contributed by atoms with Crippen molar-refractivity contribution in [3.8, 4) is 0 Å². The Morgan fingerprint density at radius 2 is 1.24 bits per heavy atom. The quantitative estimate of drug-likeness (QED) is 0.0271. The number of allylic oxidation sites excluding steroid dienone is 9. The molecule has 0 aliphatic rings. The SMILES string of the molecule is CC/C=C\C/C=C\C/C=C\CCCCCC(=O)NC(COP(=O)(O)OCC[N+](C)(C)C)C(O)/C=C/CC/C=C/CCCCCCCCCC. The minimum atomic E-state index is -4.35. The summed E-state index contributed by atoms with van der Waals surface area (Å²) in [6, 6.07) is -0.878. The van der Waals surface area contributed by atoms with Crippen LogP contribution in [0.5, 0.6) is 0 Å². The number of likely N-dealkylation sites (N-methyl/N-ethyl adjacent to an activating group) is 1. The van der Waals surface area contributed by atoms with Crippen LogP contribution in [0.4, 0.5) is 0 Å². The summed E-state index contributed by atoms with van der Waals surface area (Å²) in [6.45, 7) is 4.61. The van der Waals surface area contributed by atoms with E-state index in [0.29, 0.717) is 17.4 Å². The average molecular weight is 710 g/mol. The van der Waals surface area contributed by atoms with Crippen molar-refractivity contribution in [3.63, 3.8) is 0 Å². The molecule has 284 valence electrons. The third-order valence-corrected chi connectivity index (χ3v) is 8.96. The second kappa shape index (κ2) is 32.1. The maximum absolute atomic E-state index is 12.8. The van der Waals surface area contributed by atoms with E-state index in [-0.39, 0.29) is 19.1 Å². The van der Waals surface area contributed by atoms with Gasteiger partial charge in [0.25, 0.3) is 0 Å². The molecule has 8 nitrogen and oxygen atoms in total. The molecule has 0 bridgehead atoms. The lowest BCUT2D eigenvalue weighted by Gasteiger charge is -2.25. The van der Waals surface area contributed by atoms with Crippen LogP contribution in [0.2, 0.25) is 0 Å². The van der Waals surface area contributed by atoms with E-state index in [1.807, 2.05) is 27.2 Å². The number of unbranched alkanes of at least 4 members (excludes halogenated alkanes) is 12. The van der Waals surface area contributed by atoms with Crippen molar-refractivity contribution in [3.05, 3.63) is 60.8 Å². The number of phosphoric ester groups is 1. The van der Waals surface area contributed by atoms with Crippen LogP contribution < -0.4 is 5.32 Å². The molecule has 3 atom stereocenters. The van der Waals surface area contributed by atoms with Crippen molar-refractivity contribution in [2.45, 2.75) is 148 Å². The first kappa shape index (κ1) is 47.2. The fourth-order valence-corrected chi connectivity index (χ4v) is 5.63. The number of amides is 1. The molecule has 0 rings (SSSR count). The Kier molecular flexibility index (Phi) is 31.0. The molecule has 0 aliphatic carbocycles. The van der Waals surface area contributed by atoms with Crippen LogP contribution in [0.1, 0.15) is 136 Å². The number of nitrogens with one attached hydrogen (secondary N) is 1. The summed E-state index contributed by atoms with van der Waals surface area (Å²) >= 11 is 0. The van der Waals surface area contributed by atoms with Gasteiger partial charge in [0.05, 0.1) is 39.9 Å². The third kappa shape index (κ3) is 34.4. The van der Waals surface area contributed by atoms with Gasteiger partial charge in [0.2, 0.25) is 5.91 Å². The van der Waals surface area contributed by atoms with Gasteiger partial charge in [0, 0.05) is 6.42 Å². The molecule has 9 heteroatoms. The van der Waals surface area contributed by atoms with Crippen LogP contribution in [0, 0.1) is 0 Å². The van der Waals surface area contributed by atoms with Gasteiger partial charge in [-0.2, -0.15) is 0 Å². The van der Waals surface area contributed by atoms with E-state index in [1.165, 1.54) is 51.4 Å². The summed E-state index contributed by atoms with van der Waals surface area (Å²) in [4.78, 5) is 23.0. The molecule has 49 heavy (non-hydrogen) atoms. The van der Waals surface area contributed by atoms with Gasteiger partial charge in [-0.3, -0.25) is 13.8 Å². The lowest BCUT2D eigenvalue weighted by Crippen LogP contribution is -2.45. The highest BCUT2D eigenvalue weighted by Gasteiger charge is 2.27. The van der Waals surface area contributed by atoms with E-state index in [4.69, 9.17) is 9.05 Å². The summed E-state index contributed by atoms with van der Waals surface area (Å²) in [5.74, 6) is -0.221. The summed E-state index contributed by atoms with van der Waals surface area (Å²) < 4.78 is 23.4. The average Bonchev–Trinajstić information content (AvgIpc) is 3.04. The fraction of sp³-hybridized carbons (Fsp3) is 0.725. The number of aliphatic hydroxyl groups excluding tert-OH is 1. The predicted octanol–water partition coefficient (Wildman–Crippen LogP) is 9.90. The number of hydrogen-bond acceptors (Lipinski definition) is 5. The second-order valence-electron chi connectivity index (χ2n) is 13.9. The molecule has 0 saturated carbocycles. The zero-order chi connectivity index (χ0) is 36.5. The van der Waals surface area contributed by atoms with Crippen LogP contribution in [-0.4, -0.2) is 73.4 Å². The minimum Gasteiger partial charge on any atom is -0.387 e. The Bertz CT molecular complexity index is 986. The number of rotatable bonds is 33. The largest absolute Gasteiger partial charge is 0.472 e. The molecule has 0 aromatic heterocycles. The fourth-order valence-electron chi connectivity index (χ4n) is 4.89. The lowest BCUT2D eigenvalue weighted by atomic mass is 10.1. The molecule has 3 unspecified atom stereocenters. The highest BCUT2D eigenvalue weighted by atomic mass is 31.2. The van der Waals surface area contributed by atoms with Gasteiger partial charge in [0.1, 0.15) is 13.2 Å². The molecule has 3 N–H and O–H groups in total. The first-order chi connectivity index (χ1) is 23.5. The number of aliphatic hydroxyl groups is 1. The number of quaternary nitrogens is 1. The van der Waals surface area contributed by atoms with Gasteiger partial charge in [-0.25, -0.2) is 4.57 Å². The van der Waals surface area contributed by atoms with Crippen molar-refractivity contribution in [1.29, 1.82) is 0 Å². The standard InChI is InChI=1S/C40H73N2O6P/c1-6-8-10-12-14-16-18-20-22-23-25-27-29-31-33-39(43)38(37-48-49(45,46)47-36-35-42(3,4)5)41-40(44)34-32-30-28-26-24-21-19-17-15-13-11-9-7-2/h9,11,15,17,21,23-25,31,33,38-39,43H,6-8,10,12-14,16,18-20,22,26-30,32,34-37H2,1-5H3,(H-,41,44,45,46)/p+1/b11-9-,17-15-,24-21-,25-23+,33-31+. The van der Waals surface area contributed by atoms with E-state index in [2.05, 4.69) is 67.8 Å². The number of phosphoric acid groups is 1. The Morgan fingerprint density at radius 3 is 1.88 bits per heavy atom. The van der Waals surface area contributed by atoms with Crippen molar-refractivity contribution >= 4 is 13.7 Å². The van der Waals surface area contributed by atoms with Gasteiger partial charge in [-0.1, -0.05) is 126 Å². The smallest absolute Gasteiger partial charge is 0.387 e. The lowest BCUT2D eigenvalue weighted by molar-refractivity contribution is -0.870. The molecular formula is C40H74N2O6P+. The molecule has 0 aromatic rings. The zero-order valence-corrected chi connectivity index (χ0v) is 32.8. The Morgan fingerprint density at radius 1 is 0.714 bits per heavy atom. The summed E-state index contributed by atoms with van der Waals surface area (Å²) in [5, 5.41) is 13.7. The molecule has 0 aliphatic heterocycles.